The van der Waals surface area contributed by atoms with E-state index in [2.05, 4.69) is 0 Å². The van der Waals surface area contributed by atoms with Crippen LogP contribution in [0.4, 0.5) is 4.39 Å². The molecule has 0 bridgehead atoms. The number of hydrogen-bond donors (Lipinski definition) is 0. The summed E-state index contributed by atoms with van der Waals surface area (Å²) in [6.07, 6.45) is 0.423. The van der Waals surface area contributed by atoms with Crippen LogP contribution < -0.4 is 4.74 Å². The molecule has 1 fully saturated rings. The summed E-state index contributed by atoms with van der Waals surface area (Å²) < 4.78 is 29.1. The van der Waals surface area contributed by atoms with Crippen LogP contribution in [0.2, 0.25) is 0 Å². The summed E-state index contributed by atoms with van der Waals surface area (Å²) in [5.74, 6) is 0.190. The Kier molecular flexibility index (Phi) is 4.80. The molecule has 1 aliphatic rings. The lowest BCUT2D eigenvalue weighted by molar-refractivity contribution is -0.0898. The molecule has 3 unspecified atom stereocenters. The van der Waals surface area contributed by atoms with Crippen LogP contribution in [0.3, 0.4) is 0 Å². The smallest absolute Gasteiger partial charge is 0.128 e. The Balaban J connectivity index is 1.85. The van der Waals surface area contributed by atoms with Gasteiger partial charge in [-0.1, -0.05) is 6.07 Å². The van der Waals surface area contributed by atoms with Crippen molar-refractivity contribution in [3.05, 3.63) is 30.1 Å². The molecule has 0 saturated heterocycles. The number of alkyl halides is 1. The Morgan fingerprint density at radius 1 is 1.39 bits per heavy atom. The molecule has 3 atom stereocenters. The highest BCUT2D eigenvalue weighted by Gasteiger charge is 2.42. The van der Waals surface area contributed by atoms with Gasteiger partial charge in [-0.15, -0.1) is 11.6 Å². The SMILES string of the molecule is COCCOC1C(Cl)CC1Oc1cccc(F)c1. The van der Waals surface area contributed by atoms with Gasteiger partial charge in [-0.2, -0.15) is 0 Å². The van der Waals surface area contributed by atoms with Crippen molar-refractivity contribution in [2.24, 2.45) is 0 Å². The molecule has 1 aliphatic carbocycles. The van der Waals surface area contributed by atoms with Crippen LogP contribution in [0.25, 0.3) is 0 Å². The maximum absolute atomic E-state index is 13.0. The maximum Gasteiger partial charge on any atom is 0.128 e. The van der Waals surface area contributed by atoms with Gasteiger partial charge in [0.15, 0.2) is 0 Å². The summed E-state index contributed by atoms with van der Waals surface area (Å²) in [6.45, 7) is 1.00. The van der Waals surface area contributed by atoms with E-state index in [1.54, 1.807) is 19.2 Å². The number of rotatable bonds is 6. The summed E-state index contributed by atoms with van der Waals surface area (Å²) in [7, 11) is 1.61. The zero-order chi connectivity index (χ0) is 13.0. The van der Waals surface area contributed by atoms with Crippen molar-refractivity contribution in [3.63, 3.8) is 0 Å². The van der Waals surface area contributed by atoms with Gasteiger partial charge in [0.25, 0.3) is 0 Å². The number of halogens is 2. The molecule has 0 aromatic heterocycles. The predicted octanol–water partition coefficient (Wildman–Crippen LogP) is 2.62. The van der Waals surface area contributed by atoms with E-state index >= 15 is 0 Å². The van der Waals surface area contributed by atoms with Gasteiger partial charge in [-0.3, -0.25) is 0 Å². The zero-order valence-corrected chi connectivity index (χ0v) is 10.9. The normalized spacial score (nSPS) is 26.7. The van der Waals surface area contributed by atoms with Crippen LogP contribution in [0.1, 0.15) is 6.42 Å². The minimum atomic E-state index is -0.314. The van der Waals surface area contributed by atoms with E-state index in [9.17, 15) is 4.39 Å². The Morgan fingerprint density at radius 2 is 2.22 bits per heavy atom. The van der Waals surface area contributed by atoms with Crippen LogP contribution >= 0.6 is 11.6 Å². The second-order valence-corrected chi connectivity index (χ2v) is 4.75. The first-order valence-corrected chi connectivity index (χ1v) is 6.31. The summed E-state index contributed by atoms with van der Waals surface area (Å²) >= 11 is 6.07. The molecule has 0 heterocycles. The van der Waals surface area contributed by atoms with Gasteiger partial charge in [0.05, 0.1) is 18.6 Å². The molecule has 0 radical (unpaired) electrons. The van der Waals surface area contributed by atoms with Gasteiger partial charge in [0.1, 0.15) is 23.8 Å². The Labute approximate surface area is 111 Å². The van der Waals surface area contributed by atoms with E-state index in [-0.39, 0.29) is 23.4 Å². The summed E-state index contributed by atoms with van der Waals surface area (Å²) in [5, 5.41) is -0.0552. The second kappa shape index (κ2) is 6.36. The molecule has 0 spiro atoms. The monoisotopic (exact) mass is 274 g/mol. The lowest BCUT2D eigenvalue weighted by atomic mass is 9.91. The first-order chi connectivity index (χ1) is 8.70. The van der Waals surface area contributed by atoms with Crippen molar-refractivity contribution in [3.8, 4) is 5.75 Å². The van der Waals surface area contributed by atoms with Crippen LogP contribution in [-0.2, 0) is 9.47 Å². The van der Waals surface area contributed by atoms with Crippen molar-refractivity contribution < 1.29 is 18.6 Å². The Hall–Kier alpha value is -0.840. The molecule has 2 rings (SSSR count). The number of hydrogen-bond acceptors (Lipinski definition) is 3. The largest absolute Gasteiger partial charge is 0.487 e. The van der Waals surface area contributed by atoms with E-state index in [4.69, 9.17) is 25.8 Å². The highest BCUT2D eigenvalue weighted by molar-refractivity contribution is 6.21. The van der Waals surface area contributed by atoms with Gasteiger partial charge < -0.3 is 14.2 Å². The number of ether oxygens (including phenoxy) is 3. The zero-order valence-electron chi connectivity index (χ0n) is 10.1. The molecule has 0 aliphatic heterocycles. The predicted molar refractivity (Wildman–Crippen MR) is 66.7 cm³/mol. The molecule has 0 amide bonds. The summed E-state index contributed by atoms with van der Waals surface area (Å²) in [5.41, 5.74) is 0. The molecule has 5 heteroatoms. The van der Waals surface area contributed by atoms with Crippen molar-refractivity contribution in [1.82, 2.24) is 0 Å². The first-order valence-electron chi connectivity index (χ1n) is 5.87. The lowest BCUT2D eigenvalue weighted by Crippen LogP contribution is -2.53. The molecular weight excluding hydrogens is 259 g/mol. The van der Waals surface area contributed by atoms with Crippen molar-refractivity contribution in [2.45, 2.75) is 24.0 Å². The van der Waals surface area contributed by atoms with E-state index in [0.29, 0.717) is 25.4 Å². The van der Waals surface area contributed by atoms with Crippen molar-refractivity contribution in [2.75, 3.05) is 20.3 Å². The average molecular weight is 275 g/mol. The van der Waals surface area contributed by atoms with E-state index < -0.39 is 0 Å². The minimum absolute atomic E-state index is 0.0552. The van der Waals surface area contributed by atoms with Crippen LogP contribution in [0.5, 0.6) is 5.75 Å². The number of benzene rings is 1. The highest BCUT2D eigenvalue weighted by atomic mass is 35.5. The quantitative estimate of drug-likeness (QED) is 0.590. The van der Waals surface area contributed by atoms with Gasteiger partial charge in [-0.05, 0) is 12.1 Å². The molecular formula is C13H16ClFO3. The summed E-state index contributed by atoms with van der Waals surface area (Å²) in [6, 6.07) is 6.07. The van der Waals surface area contributed by atoms with Gasteiger partial charge in [-0.25, -0.2) is 4.39 Å². The lowest BCUT2D eigenvalue weighted by Gasteiger charge is -2.40. The Morgan fingerprint density at radius 3 is 2.89 bits per heavy atom. The van der Waals surface area contributed by atoms with Crippen LogP contribution in [-0.4, -0.2) is 37.9 Å². The topological polar surface area (TPSA) is 27.7 Å². The number of methoxy groups -OCH3 is 1. The second-order valence-electron chi connectivity index (χ2n) is 4.19. The molecule has 1 aromatic carbocycles. The maximum atomic E-state index is 13.0. The first kappa shape index (κ1) is 13.6. The van der Waals surface area contributed by atoms with E-state index in [1.165, 1.54) is 12.1 Å². The third-order valence-corrected chi connectivity index (χ3v) is 3.29. The fourth-order valence-corrected chi connectivity index (χ4v) is 2.25. The third-order valence-electron chi connectivity index (χ3n) is 2.86. The van der Waals surface area contributed by atoms with E-state index in [1.807, 2.05) is 0 Å². The average Bonchev–Trinajstić information content (AvgIpc) is 2.34. The van der Waals surface area contributed by atoms with E-state index in [0.717, 1.165) is 0 Å². The van der Waals surface area contributed by atoms with Crippen LogP contribution in [0, 0.1) is 5.82 Å². The molecule has 1 aromatic rings. The van der Waals surface area contributed by atoms with Gasteiger partial charge in [0.2, 0.25) is 0 Å². The fourth-order valence-electron chi connectivity index (χ4n) is 1.84. The molecule has 3 nitrogen and oxygen atoms in total. The van der Waals surface area contributed by atoms with Crippen molar-refractivity contribution in [1.29, 1.82) is 0 Å². The van der Waals surface area contributed by atoms with Crippen molar-refractivity contribution >= 4 is 11.6 Å². The summed E-state index contributed by atoms with van der Waals surface area (Å²) in [4.78, 5) is 0. The fraction of sp³-hybridized carbons (Fsp3) is 0.538. The molecule has 100 valence electrons. The van der Waals surface area contributed by atoms with Crippen LogP contribution in [0.15, 0.2) is 24.3 Å². The molecule has 1 saturated carbocycles. The van der Waals surface area contributed by atoms with Gasteiger partial charge in [0, 0.05) is 19.6 Å². The standard InChI is InChI=1S/C13H16ClFO3/c1-16-5-6-17-13-11(14)8-12(13)18-10-4-2-3-9(15)7-10/h2-4,7,11-13H,5-6,8H2,1H3. The minimum Gasteiger partial charge on any atom is -0.487 e. The Bertz CT molecular complexity index is 388. The third kappa shape index (κ3) is 3.34. The highest BCUT2D eigenvalue weighted by Crippen LogP contribution is 2.33. The molecule has 0 N–H and O–H groups in total. The molecule has 18 heavy (non-hydrogen) atoms. The van der Waals surface area contributed by atoms with Gasteiger partial charge >= 0.3 is 0 Å².